The second-order valence-corrected chi connectivity index (χ2v) is 11.6. The van der Waals surface area contributed by atoms with Crippen molar-refractivity contribution < 1.29 is 31.5 Å². The molecule has 0 fully saturated rings. The van der Waals surface area contributed by atoms with Gasteiger partial charge in [0, 0.05) is 27.8 Å². The molecule has 0 radical (unpaired) electrons. The second-order valence-electron chi connectivity index (χ2n) is 11.6. The van der Waals surface area contributed by atoms with Crippen molar-refractivity contribution in [2.24, 2.45) is 0 Å². The van der Waals surface area contributed by atoms with E-state index >= 15 is 0 Å². The van der Waals surface area contributed by atoms with Gasteiger partial charge in [0.25, 0.3) is 5.97 Å². The Balaban J connectivity index is 0. The monoisotopic (exact) mass is 564 g/mol. The molecule has 1 N–H and O–H groups in total. The second kappa shape index (κ2) is 31.7. The van der Waals surface area contributed by atoms with E-state index in [0.717, 1.165) is 12.8 Å². The number of unbranched alkanes of at least 4 members (excludes halogenated alkanes) is 22. The van der Waals surface area contributed by atoms with E-state index in [2.05, 4.69) is 14.0 Å². The van der Waals surface area contributed by atoms with Gasteiger partial charge in [0.15, 0.2) is 0 Å². The molecule has 0 heterocycles. The fourth-order valence-electron chi connectivity index (χ4n) is 5.49. The SMILES string of the molecule is CCCCCCCCCCCCCCCC[NH+](C)CCCCCCCCCCCCC(OC)(OC)OC.[Cl-]. The van der Waals surface area contributed by atoms with Crippen LogP contribution in [0, 0.1) is 0 Å². The zero-order valence-corrected chi connectivity index (χ0v) is 27.5. The molecule has 0 amide bonds. The van der Waals surface area contributed by atoms with Gasteiger partial charge in [0.05, 0.1) is 20.1 Å². The first-order valence-electron chi connectivity index (χ1n) is 16.6. The molecule has 0 aliphatic rings. The van der Waals surface area contributed by atoms with Crippen molar-refractivity contribution in [1.82, 2.24) is 0 Å². The first-order valence-corrected chi connectivity index (χ1v) is 16.6. The third-order valence-corrected chi connectivity index (χ3v) is 8.23. The van der Waals surface area contributed by atoms with Gasteiger partial charge in [-0.25, -0.2) is 0 Å². The molecular weight excluding hydrogens is 494 g/mol. The van der Waals surface area contributed by atoms with Crippen LogP contribution in [0.1, 0.15) is 167 Å². The zero-order chi connectivity index (χ0) is 27.3. The lowest BCUT2D eigenvalue weighted by molar-refractivity contribution is -0.880. The third kappa shape index (κ3) is 26.4. The van der Waals surface area contributed by atoms with Crippen LogP contribution in [0.4, 0.5) is 0 Å². The van der Waals surface area contributed by atoms with Gasteiger partial charge in [-0.1, -0.05) is 129 Å². The summed E-state index contributed by atoms with van der Waals surface area (Å²) in [6, 6.07) is 0. The van der Waals surface area contributed by atoms with Crippen molar-refractivity contribution in [2.45, 2.75) is 173 Å². The van der Waals surface area contributed by atoms with Crippen LogP contribution in [-0.4, -0.2) is 47.4 Å². The smallest absolute Gasteiger partial charge is 0.282 e. The fourth-order valence-corrected chi connectivity index (χ4v) is 5.49. The van der Waals surface area contributed by atoms with Crippen molar-refractivity contribution >= 4 is 0 Å². The van der Waals surface area contributed by atoms with Gasteiger partial charge >= 0.3 is 0 Å². The first-order chi connectivity index (χ1) is 18.1. The Labute approximate surface area is 246 Å². The van der Waals surface area contributed by atoms with Crippen LogP contribution < -0.4 is 17.3 Å². The molecule has 4 nitrogen and oxygen atoms in total. The number of halogens is 1. The van der Waals surface area contributed by atoms with Crippen LogP contribution in [-0.2, 0) is 14.2 Å². The highest BCUT2D eigenvalue weighted by Gasteiger charge is 2.28. The number of quaternary nitrogens is 1. The molecule has 0 spiro atoms. The summed E-state index contributed by atoms with van der Waals surface area (Å²) in [7, 11) is 7.34. The standard InChI is InChI=1S/C33H69NO3.ClH/c1-6-7-8-9-10-11-12-13-14-16-19-22-25-28-31-34(2)32-29-26-23-20-17-15-18-21-24-27-30-33(35-3,36-4)37-5;/h6-32H2,1-5H3;1H. The minimum absolute atomic E-state index is 0. The highest BCUT2D eigenvalue weighted by Crippen LogP contribution is 2.21. The predicted octanol–water partition coefficient (Wildman–Crippen LogP) is 5.87. The summed E-state index contributed by atoms with van der Waals surface area (Å²) in [5.74, 6) is -0.845. The Morgan fingerprint density at radius 1 is 0.421 bits per heavy atom. The summed E-state index contributed by atoms with van der Waals surface area (Å²) >= 11 is 0. The Hall–Kier alpha value is 0.130. The number of nitrogens with one attached hydrogen (secondary N) is 1. The van der Waals surface area contributed by atoms with Crippen molar-refractivity contribution in [3.8, 4) is 0 Å². The van der Waals surface area contributed by atoms with Crippen LogP contribution in [0.15, 0.2) is 0 Å². The van der Waals surface area contributed by atoms with Gasteiger partial charge in [-0.15, -0.1) is 0 Å². The summed E-state index contributed by atoms with van der Waals surface area (Å²) < 4.78 is 16.1. The molecule has 0 bridgehead atoms. The van der Waals surface area contributed by atoms with Gasteiger partial charge in [0.1, 0.15) is 0 Å². The Morgan fingerprint density at radius 3 is 0.974 bits per heavy atom. The van der Waals surface area contributed by atoms with Crippen LogP contribution in [0.2, 0.25) is 0 Å². The topological polar surface area (TPSA) is 32.1 Å². The van der Waals surface area contributed by atoms with E-state index in [1.807, 2.05) is 0 Å². The summed E-state index contributed by atoms with van der Waals surface area (Å²) in [5, 5.41) is 0. The van der Waals surface area contributed by atoms with Gasteiger partial charge in [-0.3, -0.25) is 0 Å². The van der Waals surface area contributed by atoms with E-state index < -0.39 is 5.97 Å². The van der Waals surface area contributed by atoms with Crippen LogP contribution in [0.5, 0.6) is 0 Å². The maximum absolute atomic E-state index is 5.36. The van der Waals surface area contributed by atoms with Crippen molar-refractivity contribution in [1.29, 1.82) is 0 Å². The molecule has 5 heteroatoms. The average Bonchev–Trinajstić information content (AvgIpc) is 2.92. The largest absolute Gasteiger partial charge is 1.00 e. The summed E-state index contributed by atoms with van der Waals surface area (Å²) in [4.78, 5) is 1.75. The van der Waals surface area contributed by atoms with E-state index in [0.29, 0.717) is 0 Å². The summed E-state index contributed by atoms with van der Waals surface area (Å²) in [5.41, 5.74) is 0. The zero-order valence-electron chi connectivity index (χ0n) is 26.7. The minimum Gasteiger partial charge on any atom is -1.00 e. The van der Waals surface area contributed by atoms with E-state index in [1.54, 1.807) is 26.2 Å². The van der Waals surface area contributed by atoms with Gasteiger partial charge in [0.2, 0.25) is 0 Å². The van der Waals surface area contributed by atoms with E-state index in [9.17, 15) is 0 Å². The maximum atomic E-state index is 5.36. The molecule has 0 aromatic rings. The molecular formula is C33H70ClNO3. The molecule has 0 rings (SSSR count). The number of ether oxygens (including phenoxy) is 3. The van der Waals surface area contributed by atoms with Gasteiger partial charge in [-0.05, 0) is 32.1 Å². The number of hydrogen-bond acceptors (Lipinski definition) is 3. The van der Waals surface area contributed by atoms with E-state index in [4.69, 9.17) is 14.2 Å². The Kier molecular flexibility index (Phi) is 33.5. The molecule has 0 aromatic heterocycles. The highest BCUT2D eigenvalue weighted by atomic mass is 35.5. The highest BCUT2D eigenvalue weighted by molar-refractivity contribution is 4.57. The molecule has 0 aliphatic heterocycles. The van der Waals surface area contributed by atoms with Gasteiger partial charge < -0.3 is 31.5 Å². The van der Waals surface area contributed by atoms with Crippen molar-refractivity contribution in [3.05, 3.63) is 0 Å². The quantitative estimate of drug-likeness (QED) is 0.0845. The normalized spacial score (nSPS) is 12.6. The molecule has 0 aromatic carbocycles. The molecule has 0 saturated heterocycles. The van der Waals surface area contributed by atoms with E-state index in [-0.39, 0.29) is 12.4 Å². The van der Waals surface area contributed by atoms with E-state index in [1.165, 1.54) is 161 Å². The lowest BCUT2D eigenvalue weighted by Crippen LogP contribution is -3.09. The summed E-state index contributed by atoms with van der Waals surface area (Å²) in [6.07, 6.45) is 34.6. The lowest BCUT2D eigenvalue weighted by atomic mass is 10.0. The van der Waals surface area contributed by atoms with Gasteiger partial charge in [-0.2, -0.15) is 0 Å². The van der Waals surface area contributed by atoms with Crippen LogP contribution >= 0.6 is 0 Å². The maximum Gasteiger partial charge on any atom is 0.282 e. The minimum atomic E-state index is -0.845. The van der Waals surface area contributed by atoms with Crippen LogP contribution in [0.25, 0.3) is 0 Å². The summed E-state index contributed by atoms with van der Waals surface area (Å²) in [6.45, 7) is 5.04. The van der Waals surface area contributed by atoms with Crippen LogP contribution in [0.3, 0.4) is 0 Å². The number of rotatable bonds is 31. The predicted molar refractivity (Wildman–Crippen MR) is 161 cm³/mol. The molecule has 38 heavy (non-hydrogen) atoms. The number of methoxy groups -OCH3 is 3. The third-order valence-electron chi connectivity index (χ3n) is 8.23. The average molecular weight is 564 g/mol. The molecule has 0 saturated carbocycles. The Bertz CT molecular complexity index is 426. The molecule has 1 atom stereocenters. The molecule has 1 unspecified atom stereocenters. The lowest BCUT2D eigenvalue weighted by Gasteiger charge is -2.28. The van der Waals surface area contributed by atoms with Crippen molar-refractivity contribution in [3.63, 3.8) is 0 Å². The fraction of sp³-hybridized carbons (Fsp3) is 1.00. The number of hydrogen-bond donors (Lipinski definition) is 1. The molecule has 232 valence electrons. The molecule has 0 aliphatic carbocycles. The first kappa shape index (κ1) is 40.3. The van der Waals surface area contributed by atoms with Crippen molar-refractivity contribution in [2.75, 3.05) is 41.5 Å². The Morgan fingerprint density at radius 2 is 0.684 bits per heavy atom.